The Bertz CT molecular complexity index is 2660. The highest BCUT2D eigenvalue weighted by Crippen LogP contribution is 2.45. The highest BCUT2D eigenvalue weighted by molar-refractivity contribution is 6.10. The zero-order valence-electron chi connectivity index (χ0n) is 31.6. The van der Waals surface area contributed by atoms with Crippen molar-refractivity contribution >= 4 is 38.9 Å². The van der Waals surface area contributed by atoms with Crippen LogP contribution >= 0.6 is 0 Å². The van der Waals surface area contributed by atoms with E-state index in [4.69, 9.17) is 5.10 Å². The molecule has 8 aromatic rings. The number of benzene rings is 6. The van der Waals surface area contributed by atoms with Gasteiger partial charge >= 0.3 is 0 Å². The first-order valence-corrected chi connectivity index (χ1v) is 18.6. The van der Waals surface area contributed by atoms with Crippen molar-refractivity contribution in [3.8, 4) is 33.8 Å². The third kappa shape index (κ3) is 5.33. The zero-order chi connectivity index (χ0) is 36.6. The molecule has 6 aromatic carbocycles. The smallest absolute Gasteiger partial charge is 0.101 e. The van der Waals surface area contributed by atoms with E-state index in [-0.39, 0.29) is 5.41 Å². The molecule has 0 unspecified atom stereocenters. The van der Waals surface area contributed by atoms with E-state index in [1.807, 2.05) is 0 Å². The van der Waals surface area contributed by atoms with Crippen molar-refractivity contribution in [2.75, 3.05) is 23.5 Å². The minimum absolute atomic E-state index is 0.214. The minimum atomic E-state index is -0.214. The summed E-state index contributed by atoms with van der Waals surface area (Å²) >= 11 is 0. The maximum Gasteiger partial charge on any atom is 0.101 e. The highest BCUT2D eigenvalue weighted by atomic mass is 15.4. The van der Waals surface area contributed by atoms with Gasteiger partial charge in [-0.1, -0.05) is 111 Å². The van der Waals surface area contributed by atoms with Gasteiger partial charge in [-0.3, -0.25) is 0 Å². The van der Waals surface area contributed by atoms with E-state index in [1.54, 1.807) is 0 Å². The summed E-state index contributed by atoms with van der Waals surface area (Å²) in [5.74, 6) is 0. The van der Waals surface area contributed by atoms with E-state index in [9.17, 15) is 0 Å². The molecule has 0 spiro atoms. The molecule has 262 valence electrons. The molecule has 0 amide bonds. The summed E-state index contributed by atoms with van der Waals surface area (Å²) in [6.45, 7) is 14.4. The SMILES string of the molecule is Cc1cc(C)c(-c2c(-c3ccccc3)nn(-c3ccc4c5ccccc5n(-c5cccc(N6CN(C)c7ccccc76)c5)c4c3)c2C(C)(C)C)c(C)c1. The van der Waals surface area contributed by atoms with Gasteiger partial charge in [-0.15, -0.1) is 0 Å². The summed E-state index contributed by atoms with van der Waals surface area (Å²) < 4.78 is 4.65. The van der Waals surface area contributed by atoms with E-state index in [2.05, 4.69) is 201 Å². The van der Waals surface area contributed by atoms with Crippen molar-refractivity contribution in [1.29, 1.82) is 0 Å². The van der Waals surface area contributed by atoms with Crippen molar-refractivity contribution in [1.82, 2.24) is 14.3 Å². The second-order valence-corrected chi connectivity index (χ2v) is 15.7. The molecule has 0 aliphatic carbocycles. The van der Waals surface area contributed by atoms with Crippen LogP contribution in [-0.4, -0.2) is 28.1 Å². The lowest BCUT2D eigenvalue weighted by molar-refractivity contribution is 0.545. The second-order valence-electron chi connectivity index (χ2n) is 15.7. The van der Waals surface area contributed by atoms with Gasteiger partial charge in [0.15, 0.2) is 0 Å². The van der Waals surface area contributed by atoms with Crippen LogP contribution in [0.1, 0.15) is 43.2 Å². The summed E-state index contributed by atoms with van der Waals surface area (Å²) in [5, 5.41) is 8.01. The van der Waals surface area contributed by atoms with Crippen LogP contribution < -0.4 is 9.80 Å². The Morgan fingerprint density at radius 1 is 0.566 bits per heavy atom. The molecule has 5 nitrogen and oxygen atoms in total. The molecular weight excluding hydrogens is 647 g/mol. The van der Waals surface area contributed by atoms with Crippen LogP contribution in [0.15, 0.2) is 133 Å². The molecule has 0 radical (unpaired) electrons. The summed E-state index contributed by atoms with van der Waals surface area (Å²) in [6, 6.07) is 48.6. The van der Waals surface area contributed by atoms with E-state index >= 15 is 0 Å². The number of hydrogen-bond donors (Lipinski definition) is 0. The Kier molecular flexibility index (Phi) is 7.60. The third-order valence-electron chi connectivity index (χ3n) is 10.8. The number of aryl methyl sites for hydroxylation is 3. The monoisotopic (exact) mass is 691 g/mol. The molecule has 5 heteroatoms. The molecule has 0 N–H and O–H groups in total. The summed E-state index contributed by atoms with van der Waals surface area (Å²) in [6.07, 6.45) is 0. The average Bonchev–Trinajstić information content (AvgIpc) is 3.81. The lowest BCUT2D eigenvalue weighted by Crippen LogP contribution is -2.24. The van der Waals surface area contributed by atoms with Crippen molar-refractivity contribution in [3.05, 3.63) is 156 Å². The highest BCUT2D eigenvalue weighted by Gasteiger charge is 2.32. The first-order valence-electron chi connectivity index (χ1n) is 18.6. The predicted octanol–water partition coefficient (Wildman–Crippen LogP) is 12.1. The first-order chi connectivity index (χ1) is 25.6. The van der Waals surface area contributed by atoms with Crippen molar-refractivity contribution in [3.63, 3.8) is 0 Å². The predicted molar refractivity (Wildman–Crippen MR) is 224 cm³/mol. The average molecular weight is 692 g/mol. The topological polar surface area (TPSA) is 29.2 Å². The molecule has 9 rings (SSSR count). The number of para-hydroxylation sites is 3. The molecular formula is C48H45N5. The zero-order valence-corrected chi connectivity index (χ0v) is 31.6. The van der Waals surface area contributed by atoms with Gasteiger partial charge in [0.25, 0.3) is 0 Å². The number of anilines is 3. The number of nitrogens with zero attached hydrogens (tertiary/aromatic N) is 5. The maximum atomic E-state index is 5.55. The lowest BCUT2D eigenvalue weighted by atomic mass is 9.82. The fourth-order valence-electron chi connectivity index (χ4n) is 8.68. The van der Waals surface area contributed by atoms with Crippen LogP contribution in [0.4, 0.5) is 17.1 Å². The molecule has 0 saturated carbocycles. The van der Waals surface area contributed by atoms with Gasteiger partial charge in [0.2, 0.25) is 0 Å². The molecule has 0 fully saturated rings. The lowest BCUT2D eigenvalue weighted by Gasteiger charge is -2.24. The van der Waals surface area contributed by atoms with E-state index < -0.39 is 0 Å². The van der Waals surface area contributed by atoms with Crippen LogP contribution in [0.25, 0.3) is 55.6 Å². The molecule has 0 bridgehead atoms. The third-order valence-corrected chi connectivity index (χ3v) is 10.8. The van der Waals surface area contributed by atoms with Crippen LogP contribution in [0.2, 0.25) is 0 Å². The van der Waals surface area contributed by atoms with Crippen molar-refractivity contribution < 1.29 is 0 Å². The molecule has 0 saturated heterocycles. The largest absolute Gasteiger partial charge is 0.355 e. The number of rotatable bonds is 5. The van der Waals surface area contributed by atoms with E-state index in [0.717, 1.165) is 34.8 Å². The number of hydrogen-bond acceptors (Lipinski definition) is 3. The molecule has 0 atom stereocenters. The van der Waals surface area contributed by atoms with Crippen LogP contribution in [-0.2, 0) is 5.41 Å². The van der Waals surface area contributed by atoms with Crippen LogP contribution in [0, 0.1) is 20.8 Å². The Hall–Kier alpha value is -6.07. The minimum Gasteiger partial charge on any atom is -0.355 e. The van der Waals surface area contributed by atoms with Gasteiger partial charge in [-0.2, -0.15) is 5.10 Å². The van der Waals surface area contributed by atoms with Crippen molar-refractivity contribution in [2.45, 2.75) is 47.0 Å². The molecule has 2 aromatic heterocycles. The molecule has 53 heavy (non-hydrogen) atoms. The van der Waals surface area contributed by atoms with Crippen LogP contribution in [0.5, 0.6) is 0 Å². The standard InChI is InChI=1S/C48H45N5/c1-31-26-32(2)44(33(3)27-31)45-46(34-16-9-8-10-17-34)49-53(47(45)48(4,5)6)37-24-25-39-38-20-11-12-21-40(38)52(43(39)29-37)36-19-15-18-35(28-36)51-30-50(7)41-22-13-14-23-42(41)51/h8-29H,30H2,1-7H3. The van der Waals surface area contributed by atoms with Gasteiger partial charge in [0.05, 0.1) is 40.5 Å². The maximum absolute atomic E-state index is 5.55. The van der Waals surface area contributed by atoms with Gasteiger partial charge in [0, 0.05) is 45.7 Å². The Labute approximate surface area is 312 Å². The van der Waals surface area contributed by atoms with Crippen LogP contribution in [0.3, 0.4) is 0 Å². The first kappa shape index (κ1) is 32.8. The summed E-state index contributed by atoms with van der Waals surface area (Å²) in [7, 11) is 2.16. The summed E-state index contributed by atoms with van der Waals surface area (Å²) in [5.41, 5.74) is 17.6. The Morgan fingerprint density at radius 2 is 1.23 bits per heavy atom. The fraction of sp³-hybridized carbons (Fsp3) is 0.188. The second kappa shape index (κ2) is 12.3. The van der Waals surface area contributed by atoms with E-state index in [1.165, 1.54) is 66.9 Å². The van der Waals surface area contributed by atoms with E-state index in [0.29, 0.717) is 0 Å². The van der Waals surface area contributed by atoms with Gasteiger partial charge in [-0.25, -0.2) is 4.68 Å². The fourth-order valence-corrected chi connectivity index (χ4v) is 8.68. The number of fused-ring (bicyclic) bond motifs is 4. The van der Waals surface area contributed by atoms with Gasteiger partial charge in [-0.05, 0) is 86.0 Å². The molecule has 1 aliphatic rings. The number of aromatic nitrogens is 3. The summed E-state index contributed by atoms with van der Waals surface area (Å²) in [4.78, 5) is 4.71. The molecule has 1 aliphatic heterocycles. The molecule has 3 heterocycles. The quantitative estimate of drug-likeness (QED) is 0.180. The Balaban J connectivity index is 1.29. The van der Waals surface area contributed by atoms with Crippen molar-refractivity contribution in [2.24, 2.45) is 0 Å². The van der Waals surface area contributed by atoms with Gasteiger partial charge in [0.1, 0.15) is 5.69 Å². The van der Waals surface area contributed by atoms with Gasteiger partial charge < -0.3 is 14.4 Å². The Morgan fingerprint density at radius 3 is 1.98 bits per heavy atom. The normalized spacial score (nSPS) is 13.0.